The number of aromatic nitrogens is 3. The Morgan fingerprint density at radius 1 is 1.19 bits per heavy atom. The lowest BCUT2D eigenvalue weighted by Gasteiger charge is -2.19. The molecule has 0 spiro atoms. The lowest BCUT2D eigenvalue weighted by molar-refractivity contribution is -0.116. The van der Waals surface area contributed by atoms with Crippen molar-refractivity contribution < 1.29 is 4.79 Å². The molecule has 3 rings (SSSR count). The van der Waals surface area contributed by atoms with Gasteiger partial charge in [-0.15, -0.1) is 10.2 Å². The predicted molar refractivity (Wildman–Crippen MR) is 126 cm³/mol. The van der Waals surface area contributed by atoms with Gasteiger partial charge >= 0.3 is 0 Å². The summed E-state index contributed by atoms with van der Waals surface area (Å²) in [6.07, 6.45) is 7.78. The minimum absolute atomic E-state index is 0.0284. The highest BCUT2D eigenvalue weighted by atomic mass is 16.1. The summed E-state index contributed by atoms with van der Waals surface area (Å²) in [6.45, 7) is 9.23. The highest BCUT2D eigenvalue weighted by Gasteiger charge is 2.32. The first-order chi connectivity index (χ1) is 14.9. The Balaban J connectivity index is 1.75. The van der Waals surface area contributed by atoms with Gasteiger partial charge < -0.3 is 15.6 Å². The maximum Gasteiger partial charge on any atom is 0.225 e. The van der Waals surface area contributed by atoms with Gasteiger partial charge in [0.1, 0.15) is 11.6 Å². The number of rotatable bonds is 12. The normalized spacial score (nSPS) is 14.8. The maximum atomic E-state index is 12.9. The summed E-state index contributed by atoms with van der Waals surface area (Å²) in [6, 6.07) is 6.61. The van der Waals surface area contributed by atoms with Gasteiger partial charge in [0.05, 0.1) is 0 Å². The van der Waals surface area contributed by atoms with Gasteiger partial charge in [0.2, 0.25) is 5.91 Å². The molecule has 1 aliphatic rings. The van der Waals surface area contributed by atoms with Crippen LogP contribution in [0.3, 0.4) is 0 Å². The monoisotopic (exact) mass is 425 g/mol. The molecule has 1 fully saturated rings. The molecule has 170 valence electrons. The summed E-state index contributed by atoms with van der Waals surface area (Å²) >= 11 is 0. The van der Waals surface area contributed by atoms with Crippen LogP contribution in [0.15, 0.2) is 18.2 Å². The molecule has 0 aliphatic heterocycles. The third-order valence-electron chi connectivity index (χ3n) is 6.10. The first-order valence-corrected chi connectivity index (χ1v) is 11.9. The van der Waals surface area contributed by atoms with Crippen molar-refractivity contribution in [3.63, 3.8) is 0 Å². The van der Waals surface area contributed by atoms with Gasteiger partial charge in [0, 0.05) is 30.5 Å². The molecule has 0 bridgehead atoms. The second-order valence-electron chi connectivity index (χ2n) is 9.56. The van der Waals surface area contributed by atoms with Crippen LogP contribution in [-0.4, -0.2) is 27.2 Å². The van der Waals surface area contributed by atoms with Crippen molar-refractivity contribution in [3.8, 4) is 0 Å². The van der Waals surface area contributed by atoms with Crippen LogP contribution in [-0.2, 0) is 11.2 Å². The lowest BCUT2D eigenvalue weighted by atomic mass is 9.97. The van der Waals surface area contributed by atoms with Crippen molar-refractivity contribution in [1.29, 1.82) is 0 Å². The Labute approximate surface area is 187 Å². The fourth-order valence-corrected chi connectivity index (χ4v) is 4.25. The summed E-state index contributed by atoms with van der Waals surface area (Å²) in [4.78, 5) is 12.9. The summed E-state index contributed by atoms with van der Waals surface area (Å²) in [5.41, 5.74) is 8.97. The Kier molecular flexibility index (Phi) is 8.24. The molecule has 1 unspecified atom stereocenters. The molecule has 6 heteroatoms. The predicted octanol–water partition coefficient (Wildman–Crippen LogP) is 5.06. The molecule has 6 nitrogen and oxygen atoms in total. The fraction of sp³-hybridized carbons (Fsp3) is 0.640. The quantitative estimate of drug-likeness (QED) is 0.498. The molecule has 0 radical (unpaired) electrons. The van der Waals surface area contributed by atoms with Crippen molar-refractivity contribution in [2.45, 2.75) is 91.0 Å². The van der Waals surface area contributed by atoms with Gasteiger partial charge in [-0.3, -0.25) is 4.79 Å². The summed E-state index contributed by atoms with van der Waals surface area (Å²) < 4.78 is 2.35. The zero-order valence-corrected chi connectivity index (χ0v) is 19.7. The number of aryl methyl sites for hydroxylation is 3. The minimum Gasteiger partial charge on any atom is -0.330 e. The van der Waals surface area contributed by atoms with Crippen LogP contribution < -0.4 is 11.1 Å². The number of nitrogens with two attached hydrogens (primary N) is 1. The molecule has 3 N–H and O–H groups in total. The zero-order valence-electron chi connectivity index (χ0n) is 19.7. The first-order valence-electron chi connectivity index (χ1n) is 11.9. The van der Waals surface area contributed by atoms with E-state index in [1.54, 1.807) is 0 Å². The molecular weight excluding hydrogens is 386 g/mol. The summed E-state index contributed by atoms with van der Waals surface area (Å²) in [5, 5.41) is 12.3. The largest absolute Gasteiger partial charge is 0.330 e. The average molecular weight is 426 g/mol. The van der Waals surface area contributed by atoms with Crippen LogP contribution in [0, 0.1) is 19.8 Å². The van der Waals surface area contributed by atoms with Crippen molar-refractivity contribution in [1.82, 2.24) is 14.8 Å². The number of amides is 1. The molecule has 1 heterocycles. The number of nitrogens with zero attached hydrogens (tertiary/aromatic N) is 3. The van der Waals surface area contributed by atoms with E-state index in [2.05, 4.69) is 46.9 Å². The number of nitrogens with one attached hydrogen (secondary N) is 1. The molecule has 2 aromatic rings. The van der Waals surface area contributed by atoms with Gasteiger partial charge in [0.25, 0.3) is 0 Å². The van der Waals surface area contributed by atoms with Gasteiger partial charge in [-0.2, -0.15) is 0 Å². The maximum absolute atomic E-state index is 12.9. The van der Waals surface area contributed by atoms with Gasteiger partial charge in [-0.1, -0.05) is 38.0 Å². The van der Waals surface area contributed by atoms with Crippen LogP contribution in [0.25, 0.3) is 0 Å². The number of benzene rings is 1. The third kappa shape index (κ3) is 6.63. The minimum atomic E-state index is 0.0284. The average Bonchev–Trinajstić information content (AvgIpc) is 3.47. The molecule has 1 atom stereocenters. The fourth-order valence-electron chi connectivity index (χ4n) is 4.25. The van der Waals surface area contributed by atoms with Crippen LogP contribution in [0.5, 0.6) is 0 Å². The van der Waals surface area contributed by atoms with Crippen LogP contribution in [0.1, 0.15) is 93.5 Å². The Morgan fingerprint density at radius 2 is 1.97 bits per heavy atom. The molecule has 0 saturated heterocycles. The number of carbonyl (C=O) groups excluding carboxylic acids is 1. The van der Waals surface area contributed by atoms with Gasteiger partial charge in [-0.05, 0) is 70.0 Å². The number of carbonyl (C=O) groups is 1. The molecular formula is C25H39N5O. The number of hydrogen-bond acceptors (Lipinski definition) is 4. The summed E-state index contributed by atoms with van der Waals surface area (Å²) in [5.74, 6) is 2.84. The Morgan fingerprint density at radius 3 is 2.61 bits per heavy atom. The van der Waals surface area contributed by atoms with Crippen molar-refractivity contribution in [2.75, 3.05) is 11.9 Å². The molecule has 1 aliphatic carbocycles. The van der Waals surface area contributed by atoms with Crippen molar-refractivity contribution in [3.05, 3.63) is 41.0 Å². The lowest BCUT2D eigenvalue weighted by Crippen LogP contribution is -2.20. The molecule has 31 heavy (non-hydrogen) atoms. The Bertz CT molecular complexity index is 869. The summed E-state index contributed by atoms with van der Waals surface area (Å²) in [7, 11) is 0. The van der Waals surface area contributed by atoms with E-state index in [1.807, 2.05) is 19.1 Å². The Hall–Kier alpha value is -2.21. The SMILES string of the molecule is Cc1ccc(NC(=O)CC(CCCN)c2nnc(CCCC(C)C)n2C2CC2)c(C)c1. The van der Waals surface area contributed by atoms with Gasteiger partial charge in [0.15, 0.2) is 0 Å². The van der Waals surface area contributed by atoms with E-state index in [4.69, 9.17) is 5.73 Å². The molecule has 1 amide bonds. The van der Waals surface area contributed by atoms with E-state index in [1.165, 1.54) is 24.8 Å². The van der Waals surface area contributed by atoms with Crippen LogP contribution in [0.2, 0.25) is 0 Å². The van der Waals surface area contributed by atoms with E-state index in [0.29, 0.717) is 24.9 Å². The second-order valence-corrected chi connectivity index (χ2v) is 9.56. The van der Waals surface area contributed by atoms with E-state index < -0.39 is 0 Å². The molecule has 1 saturated carbocycles. The standard InChI is InChI=1S/C25H39N5O/c1-17(2)7-5-9-23-28-29-25(30(23)21-11-12-21)20(8-6-14-26)16-24(31)27-22-13-10-18(3)15-19(22)4/h10,13,15,17,20-21H,5-9,11-12,14,16,26H2,1-4H3,(H,27,31). The topological polar surface area (TPSA) is 85.8 Å². The van der Waals surface area contributed by atoms with Gasteiger partial charge in [-0.25, -0.2) is 0 Å². The van der Waals surface area contributed by atoms with Crippen LogP contribution in [0.4, 0.5) is 5.69 Å². The van der Waals surface area contributed by atoms with E-state index >= 15 is 0 Å². The highest BCUT2D eigenvalue weighted by Crippen LogP contribution is 2.39. The zero-order chi connectivity index (χ0) is 22.4. The smallest absolute Gasteiger partial charge is 0.225 e. The van der Waals surface area contributed by atoms with E-state index in [-0.39, 0.29) is 11.8 Å². The second kappa shape index (κ2) is 10.9. The van der Waals surface area contributed by atoms with E-state index in [9.17, 15) is 4.79 Å². The third-order valence-corrected chi connectivity index (χ3v) is 6.10. The van der Waals surface area contributed by atoms with Crippen molar-refractivity contribution in [2.24, 2.45) is 11.7 Å². The van der Waals surface area contributed by atoms with Crippen LogP contribution >= 0.6 is 0 Å². The number of hydrogen-bond donors (Lipinski definition) is 2. The first kappa shape index (κ1) is 23.5. The number of anilines is 1. The van der Waals surface area contributed by atoms with E-state index in [0.717, 1.165) is 48.6 Å². The molecule has 1 aromatic heterocycles. The highest BCUT2D eigenvalue weighted by molar-refractivity contribution is 5.92. The van der Waals surface area contributed by atoms with Crippen molar-refractivity contribution >= 4 is 11.6 Å². The molecule has 1 aromatic carbocycles.